The molecule has 1 aromatic rings. The van der Waals surface area contributed by atoms with E-state index < -0.39 is 11.5 Å². The summed E-state index contributed by atoms with van der Waals surface area (Å²) in [6.45, 7) is 0.459. The quantitative estimate of drug-likeness (QED) is 0.527. The highest BCUT2D eigenvalue weighted by atomic mass is 32.1. The van der Waals surface area contributed by atoms with Gasteiger partial charge in [0.05, 0.1) is 6.07 Å². The van der Waals surface area contributed by atoms with E-state index in [1.54, 1.807) is 0 Å². The Kier molecular flexibility index (Phi) is 4.89. The van der Waals surface area contributed by atoms with Crippen LogP contribution in [-0.2, 0) is 11.3 Å². The summed E-state index contributed by atoms with van der Waals surface area (Å²) in [5.74, 6) is -0.981. The molecule has 0 amide bonds. The van der Waals surface area contributed by atoms with E-state index in [0.717, 1.165) is 12.5 Å². The summed E-state index contributed by atoms with van der Waals surface area (Å²) in [7, 11) is 0. The van der Waals surface area contributed by atoms with Gasteiger partial charge < -0.3 is 10.2 Å². The molecule has 0 atom stereocenters. The number of carbonyl (C=O) groups is 1. The molecule has 0 aliphatic rings. The van der Waals surface area contributed by atoms with E-state index in [-0.39, 0.29) is 17.1 Å². The molecule has 0 fully saturated rings. The summed E-state index contributed by atoms with van der Waals surface area (Å²) >= 11 is 4.90. The van der Waals surface area contributed by atoms with Crippen molar-refractivity contribution in [2.75, 3.05) is 0 Å². The number of rotatable bonds is 6. The SMILES string of the molecule is O=C(O)CCCCCn1c(O)cc(=O)[nH]c1=S. The zero-order valence-corrected chi connectivity index (χ0v) is 10.00. The Morgan fingerprint density at radius 3 is 2.71 bits per heavy atom. The highest BCUT2D eigenvalue weighted by Gasteiger charge is 2.02. The molecule has 0 bridgehead atoms. The Hall–Kier alpha value is -1.63. The largest absolute Gasteiger partial charge is 0.494 e. The average molecular weight is 258 g/mol. The van der Waals surface area contributed by atoms with Crippen molar-refractivity contribution in [1.29, 1.82) is 0 Å². The van der Waals surface area contributed by atoms with E-state index in [2.05, 4.69) is 4.98 Å². The van der Waals surface area contributed by atoms with Crippen molar-refractivity contribution in [3.63, 3.8) is 0 Å². The zero-order valence-electron chi connectivity index (χ0n) is 9.18. The Morgan fingerprint density at radius 2 is 2.12 bits per heavy atom. The maximum absolute atomic E-state index is 11.0. The second kappa shape index (κ2) is 6.19. The first-order valence-corrected chi connectivity index (χ1v) is 5.66. The van der Waals surface area contributed by atoms with E-state index in [9.17, 15) is 14.7 Å². The van der Waals surface area contributed by atoms with E-state index >= 15 is 0 Å². The van der Waals surface area contributed by atoms with Crippen LogP contribution in [0.2, 0.25) is 0 Å². The van der Waals surface area contributed by atoms with Crippen molar-refractivity contribution in [1.82, 2.24) is 9.55 Å². The molecule has 0 spiro atoms. The zero-order chi connectivity index (χ0) is 12.8. The molecule has 0 saturated heterocycles. The van der Waals surface area contributed by atoms with Gasteiger partial charge in [0.25, 0.3) is 5.56 Å². The van der Waals surface area contributed by atoms with Gasteiger partial charge in [0, 0.05) is 13.0 Å². The predicted molar refractivity (Wildman–Crippen MR) is 63.7 cm³/mol. The van der Waals surface area contributed by atoms with Crippen LogP contribution in [0.4, 0.5) is 0 Å². The summed E-state index contributed by atoms with van der Waals surface area (Å²) in [5.41, 5.74) is -0.436. The molecule has 0 radical (unpaired) electrons. The first-order chi connectivity index (χ1) is 8.00. The van der Waals surface area contributed by atoms with Gasteiger partial charge in [-0.05, 0) is 25.1 Å². The summed E-state index contributed by atoms with van der Waals surface area (Å²) < 4.78 is 1.59. The molecular weight excluding hydrogens is 244 g/mol. The van der Waals surface area contributed by atoms with Crippen LogP contribution in [0.1, 0.15) is 25.7 Å². The summed E-state index contributed by atoms with van der Waals surface area (Å²) in [6.07, 6.45) is 2.16. The van der Waals surface area contributed by atoms with Crippen LogP contribution in [0.5, 0.6) is 5.88 Å². The number of nitrogens with zero attached hydrogens (tertiary/aromatic N) is 1. The van der Waals surface area contributed by atoms with E-state index in [4.69, 9.17) is 17.3 Å². The Balaban J connectivity index is 2.50. The molecule has 6 nitrogen and oxygen atoms in total. The molecule has 0 aromatic carbocycles. The average Bonchev–Trinajstić information content (AvgIpc) is 2.20. The molecule has 17 heavy (non-hydrogen) atoms. The van der Waals surface area contributed by atoms with Gasteiger partial charge in [-0.1, -0.05) is 6.42 Å². The van der Waals surface area contributed by atoms with Gasteiger partial charge in [-0.2, -0.15) is 0 Å². The van der Waals surface area contributed by atoms with Crippen LogP contribution in [0.15, 0.2) is 10.9 Å². The lowest BCUT2D eigenvalue weighted by atomic mass is 10.2. The third kappa shape index (κ3) is 4.39. The van der Waals surface area contributed by atoms with Crippen molar-refractivity contribution in [3.8, 4) is 5.88 Å². The number of H-pyrrole nitrogens is 1. The minimum Gasteiger partial charge on any atom is -0.494 e. The van der Waals surface area contributed by atoms with E-state index in [1.807, 2.05) is 0 Å². The minimum atomic E-state index is -0.812. The minimum absolute atomic E-state index is 0.142. The number of aromatic hydroxyl groups is 1. The third-order valence-electron chi connectivity index (χ3n) is 2.28. The number of hydrogen-bond donors (Lipinski definition) is 3. The van der Waals surface area contributed by atoms with Gasteiger partial charge in [0.2, 0.25) is 0 Å². The maximum atomic E-state index is 11.0. The topological polar surface area (TPSA) is 95.3 Å². The van der Waals surface area contributed by atoms with Crippen molar-refractivity contribution >= 4 is 18.2 Å². The van der Waals surface area contributed by atoms with Gasteiger partial charge in [0.15, 0.2) is 10.7 Å². The Bertz CT molecular complexity index is 506. The van der Waals surface area contributed by atoms with Crippen LogP contribution >= 0.6 is 12.2 Å². The van der Waals surface area contributed by atoms with Crippen LogP contribution < -0.4 is 5.56 Å². The normalized spacial score (nSPS) is 10.4. The lowest BCUT2D eigenvalue weighted by Gasteiger charge is -2.08. The smallest absolute Gasteiger partial charge is 0.303 e. The molecule has 1 aromatic heterocycles. The number of nitrogens with one attached hydrogen (secondary N) is 1. The molecule has 1 heterocycles. The fourth-order valence-corrected chi connectivity index (χ4v) is 1.73. The highest BCUT2D eigenvalue weighted by Crippen LogP contribution is 2.09. The number of aromatic amines is 1. The van der Waals surface area contributed by atoms with Crippen molar-refractivity contribution < 1.29 is 15.0 Å². The lowest BCUT2D eigenvalue weighted by molar-refractivity contribution is -0.137. The number of hydrogen-bond acceptors (Lipinski definition) is 4. The fraction of sp³-hybridized carbons (Fsp3) is 0.500. The lowest BCUT2D eigenvalue weighted by Crippen LogP contribution is -2.12. The van der Waals surface area contributed by atoms with Gasteiger partial charge in [-0.3, -0.25) is 19.1 Å². The molecular formula is C10H14N2O4S. The molecule has 7 heteroatoms. The van der Waals surface area contributed by atoms with E-state index in [1.165, 1.54) is 4.57 Å². The van der Waals surface area contributed by atoms with E-state index in [0.29, 0.717) is 19.4 Å². The number of carboxylic acid groups (broad SMARTS) is 1. The Morgan fingerprint density at radius 1 is 1.41 bits per heavy atom. The first-order valence-electron chi connectivity index (χ1n) is 5.25. The van der Waals surface area contributed by atoms with Gasteiger partial charge >= 0.3 is 5.97 Å². The van der Waals surface area contributed by atoms with Gasteiger partial charge in [-0.25, -0.2) is 0 Å². The number of aromatic nitrogens is 2. The maximum Gasteiger partial charge on any atom is 0.303 e. The van der Waals surface area contributed by atoms with Gasteiger partial charge in [-0.15, -0.1) is 0 Å². The predicted octanol–water partition coefficient (Wildman–Crippen LogP) is 1.26. The van der Waals surface area contributed by atoms with Crippen molar-refractivity contribution in [3.05, 3.63) is 21.2 Å². The summed E-state index contributed by atoms with van der Waals surface area (Å²) in [6, 6.07) is 1.06. The molecule has 1 rings (SSSR count). The second-order valence-corrected chi connectivity index (χ2v) is 4.04. The first kappa shape index (κ1) is 13.4. The molecule has 0 saturated carbocycles. The molecule has 0 aliphatic carbocycles. The molecule has 0 unspecified atom stereocenters. The second-order valence-electron chi connectivity index (χ2n) is 3.65. The van der Waals surface area contributed by atoms with Crippen molar-refractivity contribution in [2.45, 2.75) is 32.2 Å². The van der Waals surface area contributed by atoms with Crippen LogP contribution in [-0.4, -0.2) is 25.7 Å². The standard InChI is InChI=1S/C10H14N2O4S/c13-7-6-8(14)12(10(17)11-7)5-3-1-2-4-9(15)16/h6,14H,1-5H2,(H,15,16)(H,11,13,17). The van der Waals surface area contributed by atoms with Crippen molar-refractivity contribution in [2.24, 2.45) is 0 Å². The number of aliphatic carboxylic acids is 1. The number of carboxylic acids is 1. The fourth-order valence-electron chi connectivity index (χ4n) is 1.45. The van der Waals surface area contributed by atoms with Crippen LogP contribution in [0.3, 0.4) is 0 Å². The Labute approximate surface area is 103 Å². The van der Waals surface area contributed by atoms with Crippen LogP contribution in [0.25, 0.3) is 0 Å². The van der Waals surface area contributed by atoms with Gasteiger partial charge in [0.1, 0.15) is 0 Å². The molecule has 0 aliphatic heterocycles. The molecule has 3 N–H and O–H groups in total. The highest BCUT2D eigenvalue weighted by molar-refractivity contribution is 7.71. The third-order valence-corrected chi connectivity index (χ3v) is 2.61. The molecule has 94 valence electrons. The summed E-state index contributed by atoms with van der Waals surface area (Å²) in [4.78, 5) is 23.6. The van der Waals surface area contributed by atoms with Crippen LogP contribution in [0, 0.1) is 4.77 Å². The summed E-state index contributed by atoms with van der Waals surface area (Å²) in [5, 5.41) is 17.9. The monoisotopic (exact) mass is 258 g/mol. The number of unbranched alkanes of at least 4 members (excludes halogenated alkanes) is 2.